The summed E-state index contributed by atoms with van der Waals surface area (Å²) in [5.74, 6) is 0. The summed E-state index contributed by atoms with van der Waals surface area (Å²) in [6, 6.07) is 0. The third-order valence-electron chi connectivity index (χ3n) is 1.44. The summed E-state index contributed by atoms with van der Waals surface area (Å²) in [5.41, 5.74) is 8.13. The third kappa shape index (κ3) is 2.90. The standard InChI is InChI=1S/C6H12F2N2O/c7-5(8)6(10,4-11)2-1-3-9/h4-5H,1-3,9-10H2. The van der Waals surface area contributed by atoms with Gasteiger partial charge in [0.1, 0.15) is 11.8 Å². The van der Waals surface area contributed by atoms with E-state index in [0.717, 1.165) is 0 Å². The highest BCUT2D eigenvalue weighted by Gasteiger charge is 2.34. The van der Waals surface area contributed by atoms with E-state index in [4.69, 9.17) is 11.5 Å². The lowest BCUT2D eigenvalue weighted by molar-refractivity contribution is -0.117. The van der Waals surface area contributed by atoms with Gasteiger partial charge in [-0.15, -0.1) is 0 Å². The van der Waals surface area contributed by atoms with Crippen molar-refractivity contribution in [1.82, 2.24) is 0 Å². The van der Waals surface area contributed by atoms with Gasteiger partial charge in [0.25, 0.3) is 6.43 Å². The van der Waals surface area contributed by atoms with Crippen LogP contribution in [0, 0.1) is 0 Å². The average molecular weight is 166 g/mol. The second kappa shape index (κ2) is 4.35. The first-order chi connectivity index (χ1) is 5.06. The van der Waals surface area contributed by atoms with Gasteiger partial charge in [-0.25, -0.2) is 8.78 Å². The zero-order chi connectivity index (χ0) is 8.91. The summed E-state index contributed by atoms with van der Waals surface area (Å²) in [5, 5.41) is 0. The van der Waals surface area contributed by atoms with Crippen molar-refractivity contribution in [2.24, 2.45) is 11.5 Å². The molecule has 0 bridgehead atoms. The molecular formula is C6H12F2N2O. The van der Waals surface area contributed by atoms with Crippen LogP contribution in [0.25, 0.3) is 0 Å². The van der Waals surface area contributed by atoms with Gasteiger partial charge in [0.2, 0.25) is 0 Å². The fourth-order valence-electron chi connectivity index (χ4n) is 0.628. The smallest absolute Gasteiger partial charge is 0.263 e. The Morgan fingerprint density at radius 3 is 2.36 bits per heavy atom. The predicted molar refractivity (Wildman–Crippen MR) is 37.3 cm³/mol. The van der Waals surface area contributed by atoms with Crippen LogP contribution in [0.15, 0.2) is 0 Å². The van der Waals surface area contributed by atoms with E-state index in [1.807, 2.05) is 0 Å². The van der Waals surface area contributed by atoms with Crippen molar-refractivity contribution in [1.29, 1.82) is 0 Å². The molecule has 1 atom stereocenters. The van der Waals surface area contributed by atoms with Crippen molar-refractivity contribution in [3.63, 3.8) is 0 Å². The second-order valence-electron chi connectivity index (χ2n) is 2.42. The predicted octanol–water partition coefficient (Wildman–Crippen LogP) is -0.113. The largest absolute Gasteiger partial charge is 0.330 e. The van der Waals surface area contributed by atoms with Crippen molar-refractivity contribution in [2.45, 2.75) is 24.8 Å². The molecule has 3 nitrogen and oxygen atoms in total. The molecule has 0 rings (SSSR count). The van der Waals surface area contributed by atoms with E-state index < -0.39 is 12.0 Å². The highest BCUT2D eigenvalue weighted by molar-refractivity contribution is 5.64. The number of aldehydes is 1. The van der Waals surface area contributed by atoms with E-state index >= 15 is 0 Å². The van der Waals surface area contributed by atoms with E-state index in [1.165, 1.54) is 0 Å². The molecular weight excluding hydrogens is 154 g/mol. The quantitative estimate of drug-likeness (QED) is 0.560. The molecule has 0 heterocycles. The van der Waals surface area contributed by atoms with Crippen LogP contribution in [0.4, 0.5) is 8.78 Å². The number of halogens is 2. The molecule has 0 aromatic rings. The van der Waals surface area contributed by atoms with Gasteiger partial charge in [-0.05, 0) is 19.4 Å². The first-order valence-corrected chi connectivity index (χ1v) is 3.30. The van der Waals surface area contributed by atoms with E-state index in [1.54, 1.807) is 0 Å². The third-order valence-corrected chi connectivity index (χ3v) is 1.44. The molecule has 0 aliphatic rings. The number of hydrogen-bond donors (Lipinski definition) is 2. The summed E-state index contributed by atoms with van der Waals surface area (Å²) in [7, 11) is 0. The molecule has 0 saturated heterocycles. The Morgan fingerprint density at radius 1 is 1.55 bits per heavy atom. The number of carbonyl (C=O) groups excluding carboxylic acids is 1. The summed E-state index contributed by atoms with van der Waals surface area (Å²) < 4.78 is 24.0. The first-order valence-electron chi connectivity index (χ1n) is 3.30. The minimum Gasteiger partial charge on any atom is -0.330 e. The number of nitrogens with two attached hydrogens (primary N) is 2. The lowest BCUT2D eigenvalue weighted by Gasteiger charge is -2.20. The highest BCUT2D eigenvalue weighted by Crippen LogP contribution is 2.15. The topological polar surface area (TPSA) is 69.1 Å². The monoisotopic (exact) mass is 166 g/mol. The van der Waals surface area contributed by atoms with Crippen LogP contribution in [-0.2, 0) is 4.79 Å². The molecule has 0 aliphatic carbocycles. The van der Waals surface area contributed by atoms with E-state index in [9.17, 15) is 13.6 Å². The molecule has 0 fully saturated rings. The molecule has 11 heavy (non-hydrogen) atoms. The van der Waals surface area contributed by atoms with Crippen molar-refractivity contribution in [3.8, 4) is 0 Å². The molecule has 0 radical (unpaired) electrons. The maximum atomic E-state index is 12.0. The molecule has 1 unspecified atom stereocenters. The van der Waals surface area contributed by atoms with Crippen molar-refractivity contribution >= 4 is 6.29 Å². The molecule has 66 valence electrons. The van der Waals surface area contributed by atoms with Crippen molar-refractivity contribution in [2.75, 3.05) is 6.54 Å². The average Bonchev–Trinajstić information content (AvgIpc) is 2.00. The van der Waals surface area contributed by atoms with Crippen LogP contribution < -0.4 is 11.5 Å². The Balaban J connectivity index is 3.99. The van der Waals surface area contributed by atoms with Gasteiger partial charge in [0, 0.05) is 0 Å². The van der Waals surface area contributed by atoms with Crippen LogP contribution >= 0.6 is 0 Å². The number of rotatable bonds is 5. The first kappa shape index (κ1) is 10.4. The Hall–Kier alpha value is -0.550. The van der Waals surface area contributed by atoms with E-state index in [-0.39, 0.29) is 19.3 Å². The number of alkyl halides is 2. The van der Waals surface area contributed by atoms with E-state index in [0.29, 0.717) is 6.42 Å². The van der Waals surface area contributed by atoms with Crippen LogP contribution in [-0.4, -0.2) is 24.8 Å². The Morgan fingerprint density at radius 2 is 2.09 bits per heavy atom. The summed E-state index contributed by atoms with van der Waals surface area (Å²) in [6.07, 6.45) is -2.45. The van der Waals surface area contributed by atoms with Crippen LogP contribution in [0.1, 0.15) is 12.8 Å². The molecule has 0 aromatic heterocycles. The Kier molecular flexibility index (Phi) is 4.14. The molecule has 4 N–H and O–H groups in total. The second-order valence-corrected chi connectivity index (χ2v) is 2.42. The van der Waals surface area contributed by atoms with Gasteiger partial charge in [-0.2, -0.15) is 0 Å². The summed E-state index contributed by atoms with van der Waals surface area (Å²) >= 11 is 0. The molecule has 0 aromatic carbocycles. The lowest BCUT2D eigenvalue weighted by Crippen LogP contribution is -2.48. The van der Waals surface area contributed by atoms with Gasteiger partial charge < -0.3 is 16.3 Å². The molecule has 0 amide bonds. The lowest BCUT2D eigenvalue weighted by atomic mass is 9.97. The van der Waals surface area contributed by atoms with Gasteiger partial charge >= 0.3 is 0 Å². The fraction of sp³-hybridized carbons (Fsp3) is 0.833. The minimum absolute atomic E-state index is 0.0648. The Bertz CT molecular complexity index is 132. The molecule has 5 heteroatoms. The number of carbonyl (C=O) groups is 1. The van der Waals surface area contributed by atoms with Crippen LogP contribution in [0.2, 0.25) is 0 Å². The van der Waals surface area contributed by atoms with Crippen LogP contribution in [0.5, 0.6) is 0 Å². The normalized spacial score (nSPS) is 16.5. The van der Waals surface area contributed by atoms with Crippen molar-refractivity contribution < 1.29 is 13.6 Å². The SMILES string of the molecule is NCCCC(N)(C=O)C(F)F. The van der Waals surface area contributed by atoms with Gasteiger partial charge in [0.15, 0.2) is 0 Å². The maximum absolute atomic E-state index is 12.0. The fourth-order valence-corrected chi connectivity index (χ4v) is 0.628. The number of hydrogen-bond acceptors (Lipinski definition) is 3. The van der Waals surface area contributed by atoms with E-state index in [2.05, 4.69) is 0 Å². The maximum Gasteiger partial charge on any atom is 0.263 e. The minimum atomic E-state index is -2.81. The summed E-state index contributed by atoms with van der Waals surface area (Å²) in [4.78, 5) is 10.1. The van der Waals surface area contributed by atoms with Gasteiger partial charge in [-0.3, -0.25) is 0 Å². The van der Waals surface area contributed by atoms with Crippen molar-refractivity contribution in [3.05, 3.63) is 0 Å². The molecule has 0 aliphatic heterocycles. The van der Waals surface area contributed by atoms with Crippen LogP contribution in [0.3, 0.4) is 0 Å². The van der Waals surface area contributed by atoms with Gasteiger partial charge in [-0.1, -0.05) is 0 Å². The highest BCUT2D eigenvalue weighted by atomic mass is 19.3. The zero-order valence-corrected chi connectivity index (χ0v) is 6.09. The Labute approximate surface area is 63.7 Å². The zero-order valence-electron chi connectivity index (χ0n) is 6.09. The summed E-state index contributed by atoms with van der Waals surface area (Å²) in [6.45, 7) is 0.263. The van der Waals surface area contributed by atoms with Gasteiger partial charge in [0.05, 0.1) is 0 Å². The molecule has 0 saturated carbocycles. The molecule has 0 spiro atoms.